The molecule has 2 aromatic carbocycles. The molecule has 2 aliphatic rings. The Morgan fingerprint density at radius 3 is 2.30 bits per heavy atom. The van der Waals surface area contributed by atoms with Crippen LogP contribution in [0.1, 0.15) is 18.1 Å². The first-order valence-corrected chi connectivity index (χ1v) is 10.6. The van der Waals surface area contributed by atoms with Crippen LogP contribution in [0.2, 0.25) is 0 Å². The first kappa shape index (κ1) is 24.8. The molecule has 2 aromatic rings. The summed E-state index contributed by atoms with van der Waals surface area (Å²) in [7, 11) is 1.76. The number of nitrogens with zero attached hydrogens (tertiary/aromatic N) is 3. The maximum absolute atomic E-state index is 5.43. The molecule has 2 aliphatic heterocycles. The van der Waals surface area contributed by atoms with E-state index in [4.69, 9.17) is 4.74 Å². The molecule has 0 aromatic heterocycles. The van der Waals surface area contributed by atoms with Crippen molar-refractivity contribution in [2.75, 3.05) is 57.8 Å². The van der Waals surface area contributed by atoms with E-state index >= 15 is 0 Å². The van der Waals surface area contributed by atoms with Crippen molar-refractivity contribution in [3.8, 4) is 5.75 Å². The normalized spacial score (nSPS) is 19.8. The average molecular weight is 452 g/mol. The number of rotatable bonds is 5. The summed E-state index contributed by atoms with van der Waals surface area (Å²) in [6.45, 7) is 10.5. The van der Waals surface area contributed by atoms with Crippen LogP contribution in [0.4, 0.5) is 5.69 Å². The van der Waals surface area contributed by atoms with Crippen LogP contribution in [-0.2, 0) is 12.8 Å². The lowest BCUT2D eigenvalue weighted by Gasteiger charge is -2.37. The minimum atomic E-state index is 0. The lowest BCUT2D eigenvalue weighted by Crippen LogP contribution is -2.49. The third kappa shape index (κ3) is 6.04. The van der Waals surface area contributed by atoms with Gasteiger partial charge < -0.3 is 9.64 Å². The van der Waals surface area contributed by atoms with Crippen LogP contribution in [-0.4, -0.2) is 68.8 Å². The zero-order valence-electron chi connectivity index (χ0n) is 18.1. The molecular formula is C24H35Cl2N3O. The molecule has 4 nitrogen and oxygen atoms in total. The van der Waals surface area contributed by atoms with Gasteiger partial charge in [-0.25, -0.2) is 0 Å². The summed E-state index contributed by atoms with van der Waals surface area (Å²) < 4.78 is 5.43. The number of anilines is 1. The SMILES string of the molecule is COc1ccc2c(c1)CC(C)N(CCN1CCN(c3ccccc3)CC1)CC2.Cl.Cl. The van der Waals surface area contributed by atoms with Crippen LogP contribution in [0, 0.1) is 0 Å². The smallest absolute Gasteiger partial charge is 0.119 e. The van der Waals surface area contributed by atoms with Crippen LogP contribution < -0.4 is 9.64 Å². The highest BCUT2D eigenvalue weighted by Crippen LogP contribution is 2.24. The van der Waals surface area contributed by atoms with Gasteiger partial charge in [0.2, 0.25) is 0 Å². The fourth-order valence-electron chi connectivity index (χ4n) is 4.57. The van der Waals surface area contributed by atoms with Crippen molar-refractivity contribution in [1.82, 2.24) is 9.80 Å². The van der Waals surface area contributed by atoms with Gasteiger partial charge >= 0.3 is 0 Å². The summed E-state index contributed by atoms with van der Waals surface area (Å²) in [5.41, 5.74) is 4.31. The summed E-state index contributed by atoms with van der Waals surface area (Å²) >= 11 is 0. The number of hydrogen-bond acceptors (Lipinski definition) is 4. The van der Waals surface area contributed by atoms with Gasteiger partial charge in [-0.1, -0.05) is 24.3 Å². The second-order valence-corrected chi connectivity index (χ2v) is 8.14. The first-order valence-electron chi connectivity index (χ1n) is 10.6. The van der Waals surface area contributed by atoms with Crippen LogP contribution >= 0.6 is 24.8 Å². The minimum Gasteiger partial charge on any atom is -0.497 e. The summed E-state index contributed by atoms with van der Waals surface area (Å²) in [6.07, 6.45) is 2.26. The predicted molar refractivity (Wildman–Crippen MR) is 131 cm³/mol. The van der Waals surface area contributed by atoms with Gasteiger partial charge in [-0.05, 0) is 55.2 Å². The van der Waals surface area contributed by atoms with Gasteiger partial charge in [0.15, 0.2) is 0 Å². The second kappa shape index (κ2) is 11.8. The van der Waals surface area contributed by atoms with Gasteiger partial charge in [0.1, 0.15) is 5.75 Å². The maximum Gasteiger partial charge on any atom is 0.119 e. The van der Waals surface area contributed by atoms with Crippen molar-refractivity contribution < 1.29 is 4.74 Å². The number of hydrogen-bond donors (Lipinski definition) is 0. The molecule has 0 bridgehead atoms. The molecule has 4 rings (SSSR count). The van der Waals surface area contributed by atoms with Gasteiger partial charge in [-0.3, -0.25) is 9.80 Å². The van der Waals surface area contributed by atoms with Gasteiger partial charge in [0.25, 0.3) is 0 Å². The molecule has 1 atom stereocenters. The third-order valence-corrected chi connectivity index (χ3v) is 6.42. The molecule has 30 heavy (non-hydrogen) atoms. The van der Waals surface area contributed by atoms with E-state index in [1.165, 1.54) is 23.4 Å². The number of methoxy groups -OCH3 is 1. The van der Waals surface area contributed by atoms with E-state index < -0.39 is 0 Å². The minimum absolute atomic E-state index is 0. The van der Waals surface area contributed by atoms with Crippen molar-refractivity contribution in [2.45, 2.75) is 25.8 Å². The van der Waals surface area contributed by atoms with Crippen LogP contribution in [0.5, 0.6) is 5.75 Å². The Bertz CT molecular complexity index is 766. The molecule has 1 unspecified atom stereocenters. The van der Waals surface area contributed by atoms with Gasteiger partial charge in [-0.15, -0.1) is 24.8 Å². The lowest BCUT2D eigenvalue weighted by molar-refractivity contribution is 0.167. The van der Waals surface area contributed by atoms with Crippen molar-refractivity contribution in [3.05, 3.63) is 59.7 Å². The molecule has 0 aliphatic carbocycles. The number of para-hydroxylation sites is 1. The Morgan fingerprint density at radius 1 is 0.867 bits per heavy atom. The Morgan fingerprint density at radius 2 is 1.60 bits per heavy atom. The first-order chi connectivity index (χ1) is 13.7. The van der Waals surface area contributed by atoms with E-state index in [0.717, 1.165) is 57.9 Å². The summed E-state index contributed by atoms with van der Waals surface area (Å²) in [6, 6.07) is 18.0. The van der Waals surface area contributed by atoms with E-state index in [2.05, 4.69) is 70.2 Å². The number of benzene rings is 2. The maximum atomic E-state index is 5.43. The zero-order valence-corrected chi connectivity index (χ0v) is 19.8. The molecule has 6 heteroatoms. The van der Waals surface area contributed by atoms with E-state index in [-0.39, 0.29) is 24.8 Å². The highest BCUT2D eigenvalue weighted by atomic mass is 35.5. The molecule has 166 valence electrons. The Labute approximate surface area is 194 Å². The van der Waals surface area contributed by atoms with E-state index in [9.17, 15) is 0 Å². The third-order valence-electron chi connectivity index (χ3n) is 6.42. The van der Waals surface area contributed by atoms with E-state index in [1.54, 1.807) is 7.11 Å². The van der Waals surface area contributed by atoms with Crippen LogP contribution in [0.15, 0.2) is 48.5 Å². The lowest BCUT2D eigenvalue weighted by atomic mass is 10.0. The highest BCUT2D eigenvalue weighted by Gasteiger charge is 2.23. The Hall–Kier alpha value is -1.46. The average Bonchev–Trinajstić information content (AvgIpc) is 2.90. The quantitative estimate of drug-likeness (QED) is 0.679. The summed E-state index contributed by atoms with van der Waals surface area (Å²) in [4.78, 5) is 7.82. The number of halogens is 2. The van der Waals surface area contributed by atoms with Gasteiger partial charge in [-0.2, -0.15) is 0 Å². The second-order valence-electron chi connectivity index (χ2n) is 8.14. The zero-order chi connectivity index (χ0) is 19.3. The molecule has 0 saturated carbocycles. The standard InChI is InChI=1S/C24H33N3O.2ClH/c1-20-18-22-19-24(28-2)9-8-21(22)10-11-26(20)15-12-25-13-16-27(17-14-25)23-6-4-3-5-7-23;;/h3-9,19-20H,10-18H2,1-2H3;2*1H. The topological polar surface area (TPSA) is 19.0 Å². The predicted octanol–water partition coefficient (Wildman–Crippen LogP) is 4.15. The monoisotopic (exact) mass is 451 g/mol. The van der Waals surface area contributed by atoms with E-state index in [0.29, 0.717) is 6.04 Å². The van der Waals surface area contributed by atoms with Crippen molar-refractivity contribution in [3.63, 3.8) is 0 Å². The number of piperazine rings is 1. The van der Waals surface area contributed by atoms with Crippen molar-refractivity contribution >= 4 is 30.5 Å². The fraction of sp³-hybridized carbons (Fsp3) is 0.500. The summed E-state index contributed by atoms with van der Waals surface area (Å²) in [5.74, 6) is 0.982. The molecular weight excluding hydrogens is 417 g/mol. The fourth-order valence-corrected chi connectivity index (χ4v) is 4.57. The highest BCUT2D eigenvalue weighted by molar-refractivity contribution is 5.85. The molecule has 1 fully saturated rings. The van der Waals surface area contributed by atoms with Crippen LogP contribution in [0.3, 0.4) is 0 Å². The summed E-state index contributed by atoms with van der Waals surface area (Å²) in [5, 5.41) is 0. The number of fused-ring (bicyclic) bond motifs is 1. The van der Waals surface area contributed by atoms with Crippen molar-refractivity contribution in [1.29, 1.82) is 0 Å². The van der Waals surface area contributed by atoms with Crippen LogP contribution in [0.25, 0.3) is 0 Å². The van der Waals surface area contributed by atoms with Crippen molar-refractivity contribution in [2.24, 2.45) is 0 Å². The Balaban J connectivity index is 0.00000160. The van der Waals surface area contributed by atoms with Gasteiger partial charge in [0, 0.05) is 57.5 Å². The molecule has 2 heterocycles. The molecule has 0 spiro atoms. The van der Waals surface area contributed by atoms with Gasteiger partial charge in [0.05, 0.1) is 7.11 Å². The molecule has 0 N–H and O–H groups in total. The van der Waals surface area contributed by atoms with E-state index in [1.807, 2.05) is 0 Å². The largest absolute Gasteiger partial charge is 0.497 e. The number of ether oxygens (including phenoxy) is 1. The molecule has 1 saturated heterocycles. The molecule has 0 radical (unpaired) electrons. The Kier molecular flexibility index (Phi) is 9.76. The molecule has 0 amide bonds.